The van der Waals surface area contributed by atoms with Crippen LogP contribution in [0.4, 0.5) is 0 Å². The Kier molecular flexibility index (Phi) is 5.08. The molecule has 2 aromatic heterocycles. The molecule has 0 spiro atoms. The summed E-state index contributed by atoms with van der Waals surface area (Å²) in [6.45, 7) is 2.83. The Balaban J connectivity index is 1.97. The topological polar surface area (TPSA) is 47.8 Å². The van der Waals surface area contributed by atoms with Crippen molar-refractivity contribution in [2.75, 3.05) is 0 Å². The van der Waals surface area contributed by atoms with Crippen LogP contribution in [-0.4, -0.2) is 14.5 Å². The Hall–Kier alpha value is -2.14. The quantitative estimate of drug-likeness (QED) is 0.510. The first-order chi connectivity index (χ1) is 11.3. The van der Waals surface area contributed by atoms with E-state index >= 15 is 0 Å². The van der Waals surface area contributed by atoms with Crippen LogP contribution in [0.1, 0.15) is 25.5 Å². The number of aromatic nitrogens is 3. The van der Waals surface area contributed by atoms with Gasteiger partial charge < -0.3 is 0 Å². The maximum Gasteiger partial charge on any atom is 0.262 e. The summed E-state index contributed by atoms with van der Waals surface area (Å²) in [4.78, 5) is 21.8. The smallest absolute Gasteiger partial charge is 0.262 e. The number of nitrogens with zero attached hydrogens (tertiary/aromatic N) is 3. The van der Waals surface area contributed by atoms with Gasteiger partial charge in [0, 0.05) is 18.5 Å². The summed E-state index contributed by atoms with van der Waals surface area (Å²) < 4.78 is 1.80. The van der Waals surface area contributed by atoms with Gasteiger partial charge in [0.05, 0.1) is 16.6 Å². The van der Waals surface area contributed by atoms with Gasteiger partial charge in [-0.15, -0.1) is 0 Å². The second-order valence-corrected chi connectivity index (χ2v) is 6.27. The van der Waals surface area contributed by atoms with E-state index in [1.54, 1.807) is 22.5 Å². The summed E-state index contributed by atoms with van der Waals surface area (Å²) >= 11 is 1.57. The van der Waals surface area contributed by atoms with Gasteiger partial charge in [0.15, 0.2) is 5.16 Å². The van der Waals surface area contributed by atoms with Gasteiger partial charge >= 0.3 is 0 Å². The molecule has 0 N–H and O–H groups in total. The molecule has 4 nitrogen and oxygen atoms in total. The fraction of sp³-hybridized carbons (Fsp3) is 0.278. The molecule has 23 heavy (non-hydrogen) atoms. The van der Waals surface area contributed by atoms with Crippen molar-refractivity contribution in [3.63, 3.8) is 0 Å². The Morgan fingerprint density at radius 2 is 1.96 bits per heavy atom. The van der Waals surface area contributed by atoms with E-state index in [0.29, 0.717) is 17.7 Å². The van der Waals surface area contributed by atoms with Gasteiger partial charge in [-0.1, -0.05) is 43.3 Å². The summed E-state index contributed by atoms with van der Waals surface area (Å²) in [6, 6.07) is 13.4. The lowest BCUT2D eigenvalue weighted by Crippen LogP contribution is -2.23. The molecule has 3 rings (SSSR count). The van der Waals surface area contributed by atoms with Gasteiger partial charge in [-0.3, -0.25) is 14.3 Å². The number of hydrogen-bond acceptors (Lipinski definition) is 4. The highest BCUT2D eigenvalue weighted by atomic mass is 32.2. The second kappa shape index (κ2) is 7.42. The Bertz CT molecular complexity index is 846. The molecule has 0 aliphatic rings. The summed E-state index contributed by atoms with van der Waals surface area (Å²) in [7, 11) is 0. The van der Waals surface area contributed by atoms with Gasteiger partial charge in [-0.2, -0.15) is 0 Å². The molecule has 118 valence electrons. The number of unbranched alkanes of at least 4 members (excludes halogenated alkanes) is 1. The molecule has 0 aliphatic carbocycles. The highest BCUT2D eigenvalue weighted by molar-refractivity contribution is 7.98. The highest BCUT2D eigenvalue weighted by Gasteiger charge is 2.11. The maximum atomic E-state index is 12.8. The molecular weight excluding hydrogens is 306 g/mol. The van der Waals surface area contributed by atoms with Crippen molar-refractivity contribution in [3.8, 4) is 0 Å². The fourth-order valence-corrected chi connectivity index (χ4v) is 3.33. The molecule has 1 aromatic carbocycles. The molecule has 0 fully saturated rings. The second-order valence-electron chi connectivity index (χ2n) is 5.33. The zero-order valence-corrected chi connectivity index (χ0v) is 13.9. The number of rotatable bonds is 6. The average molecular weight is 325 g/mol. The molecule has 0 unspecified atom stereocenters. The predicted molar refractivity (Wildman–Crippen MR) is 94.7 cm³/mol. The van der Waals surface area contributed by atoms with Gasteiger partial charge in [0.25, 0.3) is 5.56 Å². The molecule has 3 aromatic rings. The minimum atomic E-state index is 0.0487. The van der Waals surface area contributed by atoms with Crippen LogP contribution in [0.25, 0.3) is 10.9 Å². The number of thioether (sulfide) groups is 1. The SMILES string of the molecule is CCCCn1c(SCc2ccccn2)nc2ccccc2c1=O. The minimum absolute atomic E-state index is 0.0487. The molecule has 0 atom stereocenters. The molecule has 0 saturated heterocycles. The third-order valence-corrected chi connectivity index (χ3v) is 4.65. The van der Waals surface area contributed by atoms with Crippen LogP contribution < -0.4 is 5.56 Å². The van der Waals surface area contributed by atoms with Crippen molar-refractivity contribution in [1.82, 2.24) is 14.5 Å². The third kappa shape index (κ3) is 3.62. The van der Waals surface area contributed by atoms with E-state index in [0.717, 1.165) is 29.2 Å². The summed E-state index contributed by atoms with van der Waals surface area (Å²) in [6.07, 6.45) is 3.80. The van der Waals surface area contributed by atoms with Gasteiger partial charge in [-0.25, -0.2) is 4.98 Å². The standard InChI is InChI=1S/C18H19N3OS/c1-2-3-12-21-17(22)15-9-4-5-10-16(15)20-18(21)23-13-14-8-6-7-11-19-14/h4-11H,2-3,12-13H2,1H3. The minimum Gasteiger partial charge on any atom is -0.287 e. The van der Waals surface area contributed by atoms with Crippen molar-refractivity contribution in [2.24, 2.45) is 0 Å². The van der Waals surface area contributed by atoms with Crippen LogP contribution in [-0.2, 0) is 12.3 Å². The summed E-state index contributed by atoms with van der Waals surface area (Å²) in [5.41, 5.74) is 1.79. The molecule has 5 heteroatoms. The first-order valence-corrected chi connectivity index (χ1v) is 8.80. The van der Waals surface area contributed by atoms with E-state index in [9.17, 15) is 4.79 Å². The van der Waals surface area contributed by atoms with Crippen LogP contribution >= 0.6 is 11.8 Å². The number of benzene rings is 1. The van der Waals surface area contributed by atoms with Crippen LogP contribution in [0.3, 0.4) is 0 Å². The van der Waals surface area contributed by atoms with Crippen LogP contribution in [0.2, 0.25) is 0 Å². The van der Waals surface area contributed by atoms with Crippen molar-refractivity contribution in [1.29, 1.82) is 0 Å². The van der Waals surface area contributed by atoms with Crippen molar-refractivity contribution < 1.29 is 0 Å². The lowest BCUT2D eigenvalue weighted by molar-refractivity contribution is 0.557. The molecular formula is C18H19N3OS. The van der Waals surface area contributed by atoms with Crippen LogP contribution in [0.5, 0.6) is 0 Å². The van der Waals surface area contributed by atoms with Crippen LogP contribution in [0.15, 0.2) is 58.6 Å². The molecule has 0 aliphatic heterocycles. The van der Waals surface area contributed by atoms with E-state index < -0.39 is 0 Å². The van der Waals surface area contributed by atoms with Crippen molar-refractivity contribution >= 4 is 22.7 Å². The third-order valence-electron chi connectivity index (χ3n) is 3.64. The molecule has 2 heterocycles. The van der Waals surface area contributed by atoms with E-state index in [1.165, 1.54) is 0 Å². The van der Waals surface area contributed by atoms with Gasteiger partial charge in [0.1, 0.15) is 0 Å². The Labute approximate surface area is 139 Å². The Morgan fingerprint density at radius 1 is 1.13 bits per heavy atom. The lowest BCUT2D eigenvalue weighted by Gasteiger charge is -2.12. The largest absolute Gasteiger partial charge is 0.287 e. The number of para-hydroxylation sites is 1. The monoisotopic (exact) mass is 325 g/mol. The highest BCUT2D eigenvalue weighted by Crippen LogP contribution is 2.21. The average Bonchev–Trinajstić information content (AvgIpc) is 2.60. The molecule has 0 bridgehead atoms. The fourth-order valence-electron chi connectivity index (χ4n) is 2.39. The number of hydrogen-bond donors (Lipinski definition) is 0. The van der Waals surface area contributed by atoms with Crippen molar-refractivity contribution in [2.45, 2.75) is 37.2 Å². The van der Waals surface area contributed by atoms with E-state index in [4.69, 9.17) is 4.98 Å². The van der Waals surface area contributed by atoms with E-state index in [-0.39, 0.29) is 5.56 Å². The van der Waals surface area contributed by atoms with Gasteiger partial charge in [0.2, 0.25) is 0 Å². The number of fused-ring (bicyclic) bond motifs is 1. The first kappa shape index (κ1) is 15.7. The maximum absolute atomic E-state index is 12.8. The Morgan fingerprint density at radius 3 is 2.74 bits per heavy atom. The normalized spacial score (nSPS) is 11.0. The summed E-state index contributed by atoms with van der Waals surface area (Å²) in [5, 5.41) is 1.46. The zero-order chi connectivity index (χ0) is 16.1. The molecule has 0 saturated carbocycles. The number of pyridine rings is 1. The van der Waals surface area contributed by atoms with E-state index in [2.05, 4.69) is 11.9 Å². The zero-order valence-electron chi connectivity index (χ0n) is 13.1. The van der Waals surface area contributed by atoms with Gasteiger partial charge in [-0.05, 0) is 30.7 Å². The lowest BCUT2D eigenvalue weighted by atomic mass is 10.2. The summed E-state index contributed by atoms with van der Waals surface area (Å²) in [5.74, 6) is 0.706. The van der Waals surface area contributed by atoms with Crippen molar-refractivity contribution in [3.05, 3.63) is 64.7 Å². The first-order valence-electron chi connectivity index (χ1n) is 7.82. The van der Waals surface area contributed by atoms with Crippen LogP contribution in [0, 0.1) is 0 Å². The predicted octanol–water partition coefficient (Wildman–Crippen LogP) is 3.88. The molecule has 0 radical (unpaired) electrons. The molecule has 0 amide bonds. The van der Waals surface area contributed by atoms with E-state index in [1.807, 2.05) is 42.5 Å².